The lowest BCUT2D eigenvalue weighted by molar-refractivity contribution is -0.135. The molecule has 0 spiro atoms. The van der Waals surface area contributed by atoms with Gasteiger partial charge < -0.3 is 14.4 Å². The first-order valence-corrected chi connectivity index (χ1v) is 6.22. The molecule has 4 nitrogen and oxygen atoms in total. The van der Waals surface area contributed by atoms with Crippen LogP contribution in [0, 0.1) is 0 Å². The molecule has 1 atom stereocenters. The maximum Gasteiger partial charge on any atom is 0.323 e. The molecule has 1 heterocycles. The topological polar surface area (TPSA) is 53.7 Å². The number of benzene rings is 1. The second kappa shape index (κ2) is 5.80. The molecule has 0 radical (unpaired) electrons. The SMILES string of the molecule is CC(c1ccoc1)N(CC(=O)O)c1cccc(Cl)c1. The number of carboxylic acids is 1. The van der Waals surface area contributed by atoms with Crippen molar-refractivity contribution in [2.75, 3.05) is 11.4 Å². The van der Waals surface area contributed by atoms with E-state index in [0.717, 1.165) is 11.3 Å². The van der Waals surface area contributed by atoms with Crippen molar-refractivity contribution in [3.63, 3.8) is 0 Å². The maximum atomic E-state index is 11.0. The van der Waals surface area contributed by atoms with Crippen molar-refractivity contribution in [1.82, 2.24) is 0 Å². The summed E-state index contributed by atoms with van der Waals surface area (Å²) in [4.78, 5) is 12.8. The lowest BCUT2D eigenvalue weighted by atomic mass is 10.1. The smallest absolute Gasteiger partial charge is 0.323 e. The number of anilines is 1. The Kier molecular flexibility index (Phi) is 4.12. The number of carbonyl (C=O) groups is 1. The first-order chi connectivity index (χ1) is 9.08. The molecule has 5 heteroatoms. The number of hydrogen-bond donors (Lipinski definition) is 1. The lowest BCUT2D eigenvalue weighted by Crippen LogP contribution is -2.32. The van der Waals surface area contributed by atoms with Crippen LogP contribution in [0.15, 0.2) is 47.3 Å². The van der Waals surface area contributed by atoms with E-state index < -0.39 is 5.97 Å². The van der Waals surface area contributed by atoms with Crippen molar-refractivity contribution in [3.05, 3.63) is 53.4 Å². The minimum atomic E-state index is -0.893. The summed E-state index contributed by atoms with van der Waals surface area (Å²) in [6, 6.07) is 8.85. The molecule has 1 N–H and O–H groups in total. The zero-order valence-corrected chi connectivity index (χ0v) is 11.2. The summed E-state index contributed by atoms with van der Waals surface area (Å²) in [5.74, 6) is -0.893. The molecule has 0 aliphatic heterocycles. The summed E-state index contributed by atoms with van der Waals surface area (Å²) in [6.45, 7) is 1.82. The molecule has 1 aromatic carbocycles. The largest absolute Gasteiger partial charge is 0.480 e. The number of rotatable bonds is 5. The van der Waals surface area contributed by atoms with E-state index >= 15 is 0 Å². The lowest BCUT2D eigenvalue weighted by Gasteiger charge is -2.29. The molecule has 0 bridgehead atoms. The van der Waals surface area contributed by atoms with Crippen LogP contribution in [0.2, 0.25) is 5.02 Å². The van der Waals surface area contributed by atoms with Crippen LogP contribution < -0.4 is 4.90 Å². The maximum absolute atomic E-state index is 11.0. The normalized spacial score (nSPS) is 12.1. The highest BCUT2D eigenvalue weighted by Crippen LogP contribution is 2.28. The van der Waals surface area contributed by atoms with E-state index in [0.29, 0.717) is 5.02 Å². The van der Waals surface area contributed by atoms with E-state index in [1.807, 2.05) is 19.1 Å². The molecular weight excluding hydrogens is 266 g/mol. The van der Waals surface area contributed by atoms with Gasteiger partial charge in [0, 0.05) is 16.3 Å². The number of hydrogen-bond acceptors (Lipinski definition) is 3. The number of furan rings is 1. The summed E-state index contributed by atoms with van der Waals surface area (Å²) in [5.41, 5.74) is 1.69. The molecule has 2 rings (SSSR count). The summed E-state index contributed by atoms with van der Waals surface area (Å²) in [5, 5.41) is 9.64. The van der Waals surface area contributed by atoms with Crippen LogP contribution in [0.3, 0.4) is 0 Å². The number of nitrogens with zero attached hydrogens (tertiary/aromatic N) is 1. The molecular formula is C14H14ClNO3. The van der Waals surface area contributed by atoms with E-state index in [4.69, 9.17) is 21.1 Å². The molecule has 0 saturated carbocycles. The highest BCUT2D eigenvalue weighted by molar-refractivity contribution is 6.30. The molecule has 0 saturated heterocycles. The minimum Gasteiger partial charge on any atom is -0.480 e. The van der Waals surface area contributed by atoms with E-state index in [1.54, 1.807) is 35.6 Å². The van der Waals surface area contributed by atoms with Gasteiger partial charge in [-0.1, -0.05) is 17.7 Å². The minimum absolute atomic E-state index is 0.104. The van der Waals surface area contributed by atoms with Gasteiger partial charge in [0.2, 0.25) is 0 Å². The van der Waals surface area contributed by atoms with Crippen molar-refractivity contribution in [3.8, 4) is 0 Å². The Hall–Kier alpha value is -1.94. The average Bonchev–Trinajstić information content (AvgIpc) is 2.88. The molecule has 0 aliphatic carbocycles. The average molecular weight is 280 g/mol. The van der Waals surface area contributed by atoms with Crippen molar-refractivity contribution in [1.29, 1.82) is 0 Å². The molecule has 2 aromatic rings. The summed E-state index contributed by atoms with van der Waals surface area (Å²) in [7, 11) is 0. The third-order valence-corrected chi connectivity index (χ3v) is 3.17. The van der Waals surface area contributed by atoms with Gasteiger partial charge >= 0.3 is 5.97 Å². The second-order valence-corrected chi connectivity index (χ2v) is 4.67. The monoisotopic (exact) mass is 279 g/mol. The predicted octanol–water partition coefficient (Wildman–Crippen LogP) is 3.59. The van der Waals surface area contributed by atoms with Crippen LogP contribution in [-0.4, -0.2) is 17.6 Å². The van der Waals surface area contributed by atoms with Gasteiger partial charge in [0.05, 0.1) is 18.6 Å². The Balaban J connectivity index is 2.33. The van der Waals surface area contributed by atoms with Crippen LogP contribution in [0.4, 0.5) is 5.69 Å². The molecule has 0 aliphatic rings. The van der Waals surface area contributed by atoms with E-state index in [1.165, 1.54) is 0 Å². The Labute approximate surface area is 116 Å². The Morgan fingerprint density at radius 3 is 2.84 bits per heavy atom. The Morgan fingerprint density at radius 1 is 1.47 bits per heavy atom. The van der Waals surface area contributed by atoms with Crippen molar-refractivity contribution in [2.45, 2.75) is 13.0 Å². The zero-order valence-electron chi connectivity index (χ0n) is 10.4. The highest BCUT2D eigenvalue weighted by Gasteiger charge is 2.20. The van der Waals surface area contributed by atoms with Gasteiger partial charge in [0.25, 0.3) is 0 Å². The van der Waals surface area contributed by atoms with Crippen LogP contribution in [0.25, 0.3) is 0 Å². The van der Waals surface area contributed by atoms with Crippen LogP contribution >= 0.6 is 11.6 Å². The third kappa shape index (κ3) is 3.29. The van der Waals surface area contributed by atoms with Gasteiger partial charge in [-0.25, -0.2) is 0 Å². The van der Waals surface area contributed by atoms with E-state index in [-0.39, 0.29) is 12.6 Å². The number of halogens is 1. The van der Waals surface area contributed by atoms with Crippen molar-refractivity contribution < 1.29 is 14.3 Å². The highest BCUT2D eigenvalue weighted by atomic mass is 35.5. The van der Waals surface area contributed by atoms with Gasteiger partial charge in [-0.05, 0) is 31.2 Å². The zero-order chi connectivity index (χ0) is 13.8. The fraction of sp³-hybridized carbons (Fsp3) is 0.214. The standard InChI is InChI=1S/C14H14ClNO3/c1-10(11-5-6-19-9-11)16(8-14(17)18)13-4-2-3-12(15)7-13/h2-7,9-10H,8H2,1H3,(H,17,18). The first kappa shape index (κ1) is 13.5. The molecule has 0 fully saturated rings. The number of carboxylic acid groups (broad SMARTS) is 1. The predicted molar refractivity (Wildman–Crippen MR) is 73.6 cm³/mol. The first-order valence-electron chi connectivity index (χ1n) is 5.84. The van der Waals surface area contributed by atoms with E-state index in [9.17, 15) is 4.79 Å². The second-order valence-electron chi connectivity index (χ2n) is 4.23. The molecule has 100 valence electrons. The third-order valence-electron chi connectivity index (χ3n) is 2.94. The quantitative estimate of drug-likeness (QED) is 0.909. The van der Waals surface area contributed by atoms with Crippen LogP contribution in [0.5, 0.6) is 0 Å². The van der Waals surface area contributed by atoms with Gasteiger partial charge in [-0.15, -0.1) is 0 Å². The fourth-order valence-corrected chi connectivity index (χ4v) is 2.13. The molecule has 1 aromatic heterocycles. The Morgan fingerprint density at radius 2 is 2.26 bits per heavy atom. The van der Waals surface area contributed by atoms with Crippen LogP contribution in [-0.2, 0) is 4.79 Å². The van der Waals surface area contributed by atoms with Gasteiger partial charge in [-0.2, -0.15) is 0 Å². The summed E-state index contributed by atoms with van der Waals surface area (Å²) in [6.07, 6.45) is 3.19. The van der Waals surface area contributed by atoms with Crippen molar-refractivity contribution in [2.24, 2.45) is 0 Å². The Bertz CT molecular complexity index is 554. The molecule has 19 heavy (non-hydrogen) atoms. The molecule has 1 unspecified atom stereocenters. The van der Waals surface area contributed by atoms with Crippen LogP contribution in [0.1, 0.15) is 18.5 Å². The summed E-state index contributed by atoms with van der Waals surface area (Å²) >= 11 is 5.96. The van der Waals surface area contributed by atoms with Gasteiger partial charge in [-0.3, -0.25) is 4.79 Å². The number of aliphatic carboxylic acids is 1. The summed E-state index contributed by atoms with van der Waals surface area (Å²) < 4.78 is 5.05. The van der Waals surface area contributed by atoms with Crippen molar-refractivity contribution >= 4 is 23.3 Å². The van der Waals surface area contributed by atoms with Gasteiger partial charge in [0.15, 0.2) is 0 Å². The fourth-order valence-electron chi connectivity index (χ4n) is 1.94. The van der Waals surface area contributed by atoms with E-state index in [2.05, 4.69) is 0 Å². The molecule has 0 amide bonds. The van der Waals surface area contributed by atoms with Gasteiger partial charge in [0.1, 0.15) is 6.54 Å².